The molecule has 0 saturated carbocycles. The normalized spacial score (nSPS) is 14.0. The fraction of sp³-hybridized carbons (Fsp3) is 0.438. The summed E-state index contributed by atoms with van der Waals surface area (Å²) in [6.07, 6.45) is 6.94. The van der Waals surface area contributed by atoms with E-state index in [4.69, 9.17) is 0 Å². The standard InChI is InChI=1S/C16H20N4O/c1-2-13-5-3-6-14-7-4-10-20(16(13)14)15(21)8-11-19-12-9-17-18-19/h3,5-6,9,12H,2,4,7-8,10-11H2,1H3. The van der Waals surface area contributed by atoms with E-state index in [1.54, 1.807) is 17.1 Å². The molecule has 5 heteroatoms. The van der Waals surface area contributed by atoms with Crippen molar-refractivity contribution in [3.8, 4) is 0 Å². The van der Waals surface area contributed by atoms with E-state index in [-0.39, 0.29) is 5.91 Å². The van der Waals surface area contributed by atoms with Crippen molar-refractivity contribution < 1.29 is 4.79 Å². The quantitative estimate of drug-likeness (QED) is 0.865. The van der Waals surface area contributed by atoms with Crippen LogP contribution in [0.4, 0.5) is 5.69 Å². The van der Waals surface area contributed by atoms with Crippen LogP contribution in [0.25, 0.3) is 0 Å². The zero-order chi connectivity index (χ0) is 14.7. The Morgan fingerprint density at radius 2 is 2.29 bits per heavy atom. The zero-order valence-corrected chi connectivity index (χ0v) is 12.3. The predicted molar refractivity (Wildman–Crippen MR) is 81.1 cm³/mol. The summed E-state index contributed by atoms with van der Waals surface area (Å²) in [5.74, 6) is 0.173. The molecule has 2 heterocycles. The number of carbonyl (C=O) groups excluding carboxylic acids is 1. The van der Waals surface area contributed by atoms with Crippen LogP contribution in [-0.4, -0.2) is 27.4 Å². The Labute approximate surface area is 124 Å². The van der Waals surface area contributed by atoms with E-state index >= 15 is 0 Å². The molecule has 1 aliphatic rings. The minimum atomic E-state index is 0.173. The first kappa shape index (κ1) is 13.8. The first-order chi connectivity index (χ1) is 10.3. The Kier molecular flexibility index (Phi) is 3.99. The van der Waals surface area contributed by atoms with Crippen LogP contribution < -0.4 is 4.90 Å². The minimum absolute atomic E-state index is 0.173. The molecule has 0 saturated heterocycles. The molecule has 3 rings (SSSR count). The molecule has 21 heavy (non-hydrogen) atoms. The van der Waals surface area contributed by atoms with Crippen LogP contribution in [-0.2, 0) is 24.2 Å². The second-order valence-corrected chi connectivity index (χ2v) is 5.34. The van der Waals surface area contributed by atoms with E-state index in [0.717, 1.165) is 31.5 Å². The number of hydrogen-bond donors (Lipinski definition) is 0. The molecule has 0 spiro atoms. The molecule has 0 N–H and O–H groups in total. The lowest BCUT2D eigenvalue weighted by Crippen LogP contribution is -2.36. The third-order valence-corrected chi connectivity index (χ3v) is 4.01. The van der Waals surface area contributed by atoms with E-state index < -0.39 is 0 Å². The van der Waals surface area contributed by atoms with Crippen molar-refractivity contribution in [2.45, 2.75) is 39.2 Å². The Bertz CT molecular complexity index is 607. The predicted octanol–water partition coefficient (Wildman–Crippen LogP) is 2.21. The number of hydrogen-bond acceptors (Lipinski definition) is 3. The summed E-state index contributed by atoms with van der Waals surface area (Å²) in [5.41, 5.74) is 3.71. The Morgan fingerprint density at radius 1 is 1.38 bits per heavy atom. The summed E-state index contributed by atoms with van der Waals surface area (Å²) in [5, 5.41) is 7.67. The number of benzene rings is 1. The minimum Gasteiger partial charge on any atom is -0.312 e. The van der Waals surface area contributed by atoms with E-state index in [1.165, 1.54) is 11.1 Å². The van der Waals surface area contributed by atoms with Crippen LogP contribution >= 0.6 is 0 Å². The second-order valence-electron chi connectivity index (χ2n) is 5.34. The van der Waals surface area contributed by atoms with Crippen molar-refractivity contribution in [1.82, 2.24) is 15.0 Å². The molecule has 110 valence electrons. The number of aryl methyl sites for hydroxylation is 3. The van der Waals surface area contributed by atoms with Crippen molar-refractivity contribution in [3.63, 3.8) is 0 Å². The Morgan fingerprint density at radius 3 is 3.05 bits per heavy atom. The molecule has 5 nitrogen and oxygen atoms in total. The van der Waals surface area contributed by atoms with Crippen LogP contribution in [0.5, 0.6) is 0 Å². The number of anilines is 1. The maximum Gasteiger partial charge on any atom is 0.228 e. The highest BCUT2D eigenvalue weighted by atomic mass is 16.2. The van der Waals surface area contributed by atoms with Gasteiger partial charge in [0.25, 0.3) is 0 Å². The molecule has 0 fully saturated rings. The van der Waals surface area contributed by atoms with Crippen molar-refractivity contribution in [3.05, 3.63) is 41.7 Å². The van der Waals surface area contributed by atoms with E-state index in [0.29, 0.717) is 13.0 Å². The fourth-order valence-electron chi connectivity index (χ4n) is 2.96. The van der Waals surface area contributed by atoms with Crippen LogP contribution in [0.2, 0.25) is 0 Å². The van der Waals surface area contributed by atoms with Gasteiger partial charge in [-0.15, -0.1) is 5.10 Å². The Balaban J connectivity index is 1.79. The van der Waals surface area contributed by atoms with E-state index in [2.05, 4.69) is 35.4 Å². The fourth-order valence-corrected chi connectivity index (χ4v) is 2.96. The molecule has 0 aliphatic carbocycles. The average Bonchev–Trinajstić information content (AvgIpc) is 3.04. The molecule has 0 bridgehead atoms. The number of fused-ring (bicyclic) bond motifs is 1. The summed E-state index contributed by atoms with van der Waals surface area (Å²) >= 11 is 0. The third-order valence-electron chi connectivity index (χ3n) is 4.01. The molecule has 0 unspecified atom stereocenters. The van der Waals surface area contributed by atoms with Crippen LogP contribution in [0, 0.1) is 0 Å². The number of rotatable bonds is 4. The Hall–Kier alpha value is -2.17. The smallest absolute Gasteiger partial charge is 0.228 e. The maximum absolute atomic E-state index is 12.6. The topological polar surface area (TPSA) is 51.0 Å². The number of aromatic nitrogens is 3. The highest BCUT2D eigenvalue weighted by molar-refractivity contribution is 5.95. The molecule has 1 aromatic heterocycles. The first-order valence-electron chi connectivity index (χ1n) is 7.55. The molecule has 0 atom stereocenters. The number of para-hydroxylation sites is 1. The van der Waals surface area contributed by atoms with Crippen molar-refractivity contribution in [2.75, 3.05) is 11.4 Å². The van der Waals surface area contributed by atoms with E-state index in [1.807, 2.05) is 4.90 Å². The second kappa shape index (κ2) is 6.08. The van der Waals surface area contributed by atoms with Gasteiger partial charge in [-0.3, -0.25) is 9.48 Å². The van der Waals surface area contributed by atoms with Gasteiger partial charge in [-0.25, -0.2) is 0 Å². The van der Waals surface area contributed by atoms with Gasteiger partial charge in [0.15, 0.2) is 0 Å². The van der Waals surface area contributed by atoms with Gasteiger partial charge in [0.05, 0.1) is 12.7 Å². The lowest BCUT2D eigenvalue weighted by Gasteiger charge is -2.31. The van der Waals surface area contributed by atoms with Gasteiger partial charge in [0.2, 0.25) is 5.91 Å². The molecular formula is C16H20N4O. The molecule has 1 aliphatic heterocycles. The lowest BCUT2D eigenvalue weighted by atomic mass is 9.96. The summed E-state index contributed by atoms with van der Waals surface area (Å²) in [4.78, 5) is 14.6. The summed E-state index contributed by atoms with van der Waals surface area (Å²) in [6.45, 7) is 3.54. The van der Waals surface area contributed by atoms with Gasteiger partial charge in [0.1, 0.15) is 0 Å². The maximum atomic E-state index is 12.6. The van der Waals surface area contributed by atoms with Crippen LogP contribution in [0.15, 0.2) is 30.6 Å². The number of carbonyl (C=O) groups is 1. The van der Waals surface area contributed by atoms with Crippen molar-refractivity contribution >= 4 is 11.6 Å². The summed E-state index contributed by atoms with van der Waals surface area (Å²) < 4.78 is 1.70. The molecule has 1 amide bonds. The van der Waals surface area contributed by atoms with E-state index in [9.17, 15) is 4.79 Å². The monoisotopic (exact) mass is 284 g/mol. The summed E-state index contributed by atoms with van der Waals surface area (Å²) in [6, 6.07) is 6.37. The average molecular weight is 284 g/mol. The number of nitrogens with zero attached hydrogens (tertiary/aromatic N) is 4. The molecule has 0 radical (unpaired) electrons. The van der Waals surface area contributed by atoms with Crippen molar-refractivity contribution in [2.24, 2.45) is 0 Å². The lowest BCUT2D eigenvalue weighted by molar-refractivity contribution is -0.119. The van der Waals surface area contributed by atoms with Crippen LogP contribution in [0.1, 0.15) is 30.9 Å². The summed E-state index contributed by atoms with van der Waals surface area (Å²) in [7, 11) is 0. The number of amides is 1. The van der Waals surface area contributed by atoms with Gasteiger partial charge in [-0.1, -0.05) is 30.3 Å². The van der Waals surface area contributed by atoms with Crippen LogP contribution in [0.3, 0.4) is 0 Å². The third kappa shape index (κ3) is 2.82. The van der Waals surface area contributed by atoms with Crippen molar-refractivity contribution in [1.29, 1.82) is 0 Å². The van der Waals surface area contributed by atoms with Gasteiger partial charge in [-0.05, 0) is 30.4 Å². The SMILES string of the molecule is CCc1cccc2c1N(C(=O)CCn1ccnn1)CCC2. The molecule has 1 aromatic carbocycles. The zero-order valence-electron chi connectivity index (χ0n) is 12.3. The largest absolute Gasteiger partial charge is 0.312 e. The highest BCUT2D eigenvalue weighted by Gasteiger charge is 2.24. The van der Waals surface area contributed by atoms with Gasteiger partial charge in [0, 0.05) is 24.8 Å². The van der Waals surface area contributed by atoms with Gasteiger partial charge >= 0.3 is 0 Å². The van der Waals surface area contributed by atoms with Gasteiger partial charge < -0.3 is 4.90 Å². The molecule has 2 aromatic rings. The molecular weight excluding hydrogens is 264 g/mol. The van der Waals surface area contributed by atoms with Gasteiger partial charge in [-0.2, -0.15) is 0 Å². The first-order valence-corrected chi connectivity index (χ1v) is 7.55. The highest BCUT2D eigenvalue weighted by Crippen LogP contribution is 2.31.